The van der Waals surface area contributed by atoms with E-state index in [1.54, 1.807) is 6.20 Å². The van der Waals surface area contributed by atoms with Gasteiger partial charge in [-0.05, 0) is 95.1 Å². The fourth-order valence-electron chi connectivity index (χ4n) is 6.67. The van der Waals surface area contributed by atoms with Gasteiger partial charge in [0.2, 0.25) is 0 Å². The molecule has 0 aliphatic carbocycles. The predicted molar refractivity (Wildman–Crippen MR) is 169 cm³/mol. The number of nitrogens with zero attached hydrogens (tertiary/aromatic N) is 3. The normalized spacial score (nSPS) is 18.7. The third-order valence-electron chi connectivity index (χ3n) is 9.00. The first-order valence-corrected chi connectivity index (χ1v) is 15.0. The fraction of sp³-hybridized carbons (Fsp3) is 0.229. The van der Waals surface area contributed by atoms with Gasteiger partial charge in [-0.1, -0.05) is 54.6 Å². The molecule has 214 valence electrons. The van der Waals surface area contributed by atoms with Crippen LogP contribution in [0.2, 0.25) is 0 Å². The summed E-state index contributed by atoms with van der Waals surface area (Å²) in [4.78, 5) is 29.3. The molecule has 4 heterocycles. The van der Waals surface area contributed by atoms with Gasteiger partial charge in [-0.25, -0.2) is 14.8 Å². The number of hydrogen-bond donors (Lipinski definition) is 4. The van der Waals surface area contributed by atoms with Crippen molar-refractivity contribution in [1.29, 1.82) is 0 Å². The number of likely N-dealkylation sites (tertiary alicyclic amines) is 1. The quantitative estimate of drug-likeness (QED) is 0.171. The molecule has 0 radical (unpaired) electrons. The van der Waals surface area contributed by atoms with Gasteiger partial charge in [0, 0.05) is 6.54 Å². The van der Waals surface area contributed by atoms with Crippen LogP contribution in [0.4, 0.5) is 4.79 Å². The standard InChI is InChI=1S/C35H32N6O2/c42-35(43)41-16-2-4-32(41)34-37-20-31(40-34)22-7-5-21(6-8-22)23-9-10-25-18-26(12-11-24(25)17-23)27-13-14-28-30(19-27)39-33(38-28)29-3-1-15-36-29/h5-14,17-20,29,32,36H,1-4,15-16H2,(H,37,40)(H,38,39)(H,42,43). The first-order chi connectivity index (χ1) is 21.1. The van der Waals surface area contributed by atoms with E-state index in [-0.39, 0.29) is 6.04 Å². The van der Waals surface area contributed by atoms with Gasteiger partial charge in [0.05, 0.1) is 35.0 Å². The van der Waals surface area contributed by atoms with Crippen molar-refractivity contribution in [3.63, 3.8) is 0 Å². The summed E-state index contributed by atoms with van der Waals surface area (Å²) in [6.07, 6.45) is 4.88. The van der Waals surface area contributed by atoms with Gasteiger partial charge in [-0.15, -0.1) is 0 Å². The lowest BCUT2D eigenvalue weighted by Gasteiger charge is -2.19. The number of aromatic amines is 2. The molecule has 4 N–H and O–H groups in total. The highest BCUT2D eigenvalue weighted by Crippen LogP contribution is 2.33. The van der Waals surface area contributed by atoms with Gasteiger partial charge in [-0.3, -0.25) is 4.90 Å². The van der Waals surface area contributed by atoms with Crippen molar-refractivity contribution in [3.05, 3.63) is 96.7 Å². The number of hydrogen-bond acceptors (Lipinski definition) is 4. The lowest BCUT2D eigenvalue weighted by molar-refractivity contribution is 0.139. The molecule has 8 heteroatoms. The van der Waals surface area contributed by atoms with Crippen LogP contribution in [0.1, 0.15) is 49.4 Å². The van der Waals surface area contributed by atoms with E-state index in [0.29, 0.717) is 18.4 Å². The Kier molecular flexibility index (Phi) is 6.22. The Balaban J connectivity index is 1.02. The number of benzene rings is 4. The molecule has 0 saturated carbocycles. The van der Waals surface area contributed by atoms with Crippen LogP contribution in [0, 0.1) is 0 Å². The Morgan fingerprint density at radius 3 is 2.21 bits per heavy atom. The molecule has 1 amide bonds. The third-order valence-corrected chi connectivity index (χ3v) is 9.00. The molecule has 2 fully saturated rings. The Hall–Kier alpha value is -4.95. The average Bonchev–Trinajstić information content (AvgIpc) is 3.86. The van der Waals surface area contributed by atoms with Crippen molar-refractivity contribution < 1.29 is 9.90 Å². The largest absolute Gasteiger partial charge is 0.465 e. The lowest BCUT2D eigenvalue weighted by atomic mass is 9.97. The molecule has 0 spiro atoms. The summed E-state index contributed by atoms with van der Waals surface area (Å²) in [5.41, 5.74) is 8.66. The van der Waals surface area contributed by atoms with Crippen molar-refractivity contribution in [2.24, 2.45) is 0 Å². The maximum absolute atomic E-state index is 11.6. The van der Waals surface area contributed by atoms with Crippen LogP contribution in [0.3, 0.4) is 0 Å². The van der Waals surface area contributed by atoms with E-state index in [0.717, 1.165) is 65.0 Å². The van der Waals surface area contributed by atoms with Crippen LogP contribution in [0.15, 0.2) is 85.1 Å². The van der Waals surface area contributed by atoms with Crippen molar-refractivity contribution in [1.82, 2.24) is 30.2 Å². The van der Waals surface area contributed by atoms with Crippen LogP contribution in [0.25, 0.3) is 55.3 Å². The van der Waals surface area contributed by atoms with Crippen LogP contribution in [0.5, 0.6) is 0 Å². The van der Waals surface area contributed by atoms with E-state index in [9.17, 15) is 9.90 Å². The monoisotopic (exact) mass is 568 g/mol. The molecule has 8 rings (SSSR count). The number of H-pyrrole nitrogens is 2. The zero-order valence-corrected chi connectivity index (χ0v) is 23.7. The summed E-state index contributed by atoms with van der Waals surface area (Å²) in [6, 6.07) is 28.3. The van der Waals surface area contributed by atoms with Crippen LogP contribution >= 0.6 is 0 Å². The van der Waals surface area contributed by atoms with Gasteiger partial charge in [0.25, 0.3) is 0 Å². The van der Waals surface area contributed by atoms with Crippen molar-refractivity contribution in [2.45, 2.75) is 37.8 Å². The predicted octanol–water partition coefficient (Wildman–Crippen LogP) is 7.68. The number of carboxylic acid groups (broad SMARTS) is 1. The number of amides is 1. The molecular weight excluding hydrogens is 536 g/mol. The Labute approximate surface area is 248 Å². The topological polar surface area (TPSA) is 110 Å². The second kappa shape index (κ2) is 10.4. The molecule has 2 aliphatic rings. The highest BCUT2D eigenvalue weighted by atomic mass is 16.4. The number of imidazole rings is 2. The van der Waals surface area contributed by atoms with E-state index in [1.165, 1.54) is 33.2 Å². The number of fused-ring (bicyclic) bond motifs is 2. The van der Waals surface area contributed by atoms with Crippen molar-refractivity contribution in [2.75, 3.05) is 13.1 Å². The van der Waals surface area contributed by atoms with Gasteiger partial charge in [0.1, 0.15) is 11.6 Å². The Morgan fingerprint density at radius 2 is 1.47 bits per heavy atom. The third kappa shape index (κ3) is 4.73. The Bertz CT molecular complexity index is 1970. The summed E-state index contributed by atoms with van der Waals surface area (Å²) in [5, 5.41) is 15.4. The van der Waals surface area contributed by atoms with Crippen molar-refractivity contribution >= 4 is 27.9 Å². The van der Waals surface area contributed by atoms with E-state index in [4.69, 9.17) is 4.98 Å². The summed E-state index contributed by atoms with van der Waals surface area (Å²) in [6.45, 7) is 1.61. The van der Waals surface area contributed by atoms with E-state index < -0.39 is 6.09 Å². The lowest BCUT2D eigenvalue weighted by Crippen LogP contribution is -2.29. The number of rotatable bonds is 5. The SMILES string of the molecule is O=C(O)N1CCCC1c1ncc(-c2ccc(-c3ccc4cc(-c5ccc6nc(C7CCCN7)[nH]c6c5)ccc4c3)cc2)[nH]1. The highest BCUT2D eigenvalue weighted by molar-refractivity contribution is 5.92. The average molecular weight is 569 g/mol. The molecular formula is C35H32N6O2. The summed E-state index contributed by atoms with van der Waals surface area (Å²) in [7, 11) is 0. The van der Waals surface area contributed by atoms with Gasteiger partial charge < -0.3 is 20.4 Å². The van der Waals surface area contributed by atoms with Gasteiger partial charge in [0.15, 0.2) is 0 Å². The van der Waals surface area contributed by atoms with E-state index in [2.05, 4.69) is 99.1 Å². The molecule has 2 atom stereocenters. The molecule has 4 aromatic carbocycles. The van der Waals surface area contributed by atoms with Crippen LogP contribution in [-0.4, -0.2) is 49.1 Å². The first kappa shape index (κ1) is 25.7. The number of carbonyl (C=O) groups is 1. The zero-order chi connectivity index (χ0) is 28.9. The zero-order valence-electron chi connectivity index (χ0n) is 23.7. The molecule has 2 saturated heterocycles. The molecule has 8 nitrogen and oxygen atoms in total. The summed E-state index contributed by atoms with van der Waals surface area (Å²) >= 11 is 0. The first-order valence-electron chi connectivity index (χ1n) is 15.0. The number of nitrogens with one attached hydrogen (secondary N) is 3. The minimum Gasteiger partial charge on any atom is -0.465 e. The summed E-state index contributed by atoms with van der Waals surface area (Å²) in [5.74, 6) is 1.75. The molecule has 2 aromatic heterocycles. The highest BCUT2D eigenvalue weighted by Gasteiger charge is 2.31. The van der Waals surface area contributed by atoms with Crippen LogP contribution in [-0.2, 0) is 0 Å². The second-order valence-electron chi connectivity index (χ2n) is 11.7. The van der Waals surface area contributed by atoms with Crippen LogP contribution < -0.4 is 5.32 Å². The fourth-order valence-corrected chi connectivity index (χ4v) is 6.67. The molecule has 43 heavy (non-hydrogen) atoms. The van der Waals surface area contributed by atoms with Gasteiger partial charge in [-0.2, -0.15) is 0 Å². The maximum atomic E-state index is 11.6. The van der Waals surface area contributed by atoms with Gasteiger partial charge >= 0.3 is 6.09 Å². The minimum absolute atomic E-state index is 0.205. The van der Waals surface area contributed by atoms with E-state index in [1.807, 2.05) is 0 Å². The summed E-state index contributed by atoms with van der Waals surface area (Å²) < 4.78 is 0. The smallest absolute Gasteiger partial charge is 0.407 e. The molecule has 2 aliphatic heterocycles. The molecule has 2 unspecified atom stereocenters. The van der Waals surface area contributed by atoms with E-state index >= 15 is 0 Å². The number of aromatic nitrogens is 4. The molecule has 6 aromatic rings. The second-order valence-corrected chi connectivity index (χ2v) is 11.7. The molecule has 0 bridgehead atoms. The maximum Gasteiger partial charge on any atom is 0.407 e. The van der Waals surface area contributed by atoms with Crippen molar-refractivity contribution in [3.8, 4) is 33.5 Å². The minimum atomic E-state index is -0.891. The Morgan fingerprint density at radius 1 is 0.767 bits per heavy atom.